The predicted molar refractivity (Wildman–Crippen MR) is 368 cm³/mol. The molecule has 0 saturated heterocycles. The molecular weight excluding hydrogens is 1200 g/mol. The number of aliphatic hydroxyl groups is 1. The van der Waals surface area contributed by atoms with Crippen molar-refractivity contribution in [2.75, 3.05) is 39.6 Å². The van der Waals surface area contributed by atoms with Crippen LogP contribution in [0.15, 0.2) is 0 Å². The van der Waals surface area contributed by atoms with Crippen molar-refractivity contribution in [1.82, 2.24) is 0 Å². The van der Waals surface area contributed by atoms with Gasteiger partial charge >= 0.3 is 39.5 Å². The first-order valence-corrected chi connectivity index (χ1v) is 40.5. The summed E-state index contributed by atoms with van der Waals surface area (Å²) in [5.74, 6) is 0.267. The molecule has 0 spiro atoms. The topological polar surface area (TPSA) is 237 Å². The summed E-state index contributed by atoms with van der Waals surface area (Å²) >= 11 is 0. The molecule has 0 radical (unpaired) electrons. The van der Waals surface area contributed by atoms with Gasteiger partial charge in [0.2, 0.25) is 0 Å². The third-order valence-electron chi connectivity index (χ3n) is 17.7. The van der Waals surface area contributed by atoms with Crippen LogP contribution in [-0.4, -0.2) is 96.7 Å². The van der Waals surface area contributed by atoms with Gasteiger partial charge in [-0.3, -0.25) is 37.3 Å². The third-order valence-corrected chi connectivity index (χ3v) is 19.6. The number of hydrogen-bond donors (Lipinski definition) is 3. The van der Waals surface area contributed by atoms with E-state index in [1.165, 1.54) is 173 Å². The first kappa shape index (κ1) is 89.1. The lowest BCUT2D eigenvalue weighted by molar-refractivity contribution is -0.161. The maximum absolute atomic E-state index is 13.0. The number of rotatable bonds is 70. The van der Waals surface area contributed by atoms with Crippen molar-refractivity contribution in [3.8, 4) is 0 Å². The van der Waals surface area contributed by atoms with Crippen LogP contribution in [0.4, 0.5) is 0 Å². The summed E-state index contributed by atoms with van der Waals surface area (Å²) < 4.78 is 68.3. The monoisotopic (exact) mass is 1340 g/mol. The molecule has 8 atom stereocenters. The molecule has 0 amide bonds. The third kappa shape index (κ3) is 62.6. The Balaban J connectivity index is 5.24. The molecule has 0 fully saturated rings. The van der Waals surface area contributed by atoms with E-state index in [0.29, 0.717) is 25.7 Å². The van der Waals surface area contributed by atoms with Gasteiger partial charge in [0, 0.05) is 25.7 Å². The maximum atomic E-state index is 13.0. The Labute approximate surface area is 556 Å². The zero-order valence-corrected chi connectivity index (χ0v) is 61.1. The van der Waals surface area contributed by atoms with E-state index < -0.39 is 97.5 Å². The molecule has 91 heavy (non-hydrogen) atoms. The molecule has 0 aliphatic rings. The molecular formula is C72H140O17P2. The average molecular weight is 1340 g/mol. The van der Waals surface area contributed by atoms with Crippen molar-refractivity contribution < 1.29 is 80.2 Å². The minimum Gasteiger partial charge on any atom is -0.462 e. The SMILES string of the molecule is CCCCCCCCCCCC(=O)OC[C@H](COP(=O)(O)OC[C@H](O)COP(=O)(O)OC[C@@H](COC(=O)CCCCCCCCCCC(C)CC)OC(=O)CCCCCCCCCCCCCCCCC(C)CC)OC(=O)CCCCCCCCCCC(C)CC. The Bertz CT molecular complexity index is 1790. The highest BCUT2D eigenvalue weighted by Gasteiger charge is 2.30. The number of phosphoric acid groups is 2. The van der Waals surface area contributed by atoms with Crippen LogP contribution in [0.3, 0.4) is 0 Å². The van der Waals surface area contributed by atoms with Crippen LogP contribution < -0.4 is 0 Å². The quantitative estimate of drug-likeness (QED) is 0.0222. The predicted octanol–water partition coefficient (Wildman–Crippen LogP) is 20.6. The highest BCUT2D eigenvalue weighted by molar-refractivity contribution is 7.47. The van der Waals surface area contributed by atoms with E-state index in [9.17, 15) is 43.2 Å². The highest BCUT2D eigenvalue weighted by Crippen LogP contribution is 2.45. The number of aliphatic hydroxyl groups excluding tert-OH is 1. The Hall–Kier alpha value is -1.94. The van der Waals surface area contributed by atoms with Gasteiger partial charge in [-0.05, 0) is 43.4 Å². The molecule has 0 aliphatic carbocycles. The number of carbonyl (C=O) groups is 4. The van der Waals surface area contributed by atoms with Crippen molar-refractivity contribution in [3.63, 3.8) is 0 Å². The summed E-state index contributed by atoms with van der Waals surface area (Å²) in [6.45, 7) is 11.9. The minimum absolute atomic E-state index is 0.105. The molecule has 0 bridgehead atoms. The van der Waals surface area contributed by atoms with Crippen LogP contribution in [0.5, 0.6) is 0 Å². The highest BCUT2D eigenvalue weighted by atomic mass is 31.2. The van der Waals surface area contributed by atoms with Crippen LogP contribution in [0, 0.1) is 17.8 Å². The first-order chi connectivity index (χ1) is 43.8. The van der Waals surface area contributed by atoms with E-state index in [1.54, 1.807) is 0 Å². The molecule has 19 heteroatoms. The van der Waals surface area contributed by atoms with Crippen LogP contribution in [0.25, 0.3) is 0 Å². The van der Waals surface area contributed by atoms with E-state index in [2.05, 4.69) is 48.5 Å². The summed E-state index contributed by atoms with van der Waals surface area (Å²) in [5.41, 5.74) is 0. The Kier molecular flexibility index (Phi) is 61.5. The molecule has 0 rings (SSSR count). The van der Waals surface area contributed by atoms with E-state index in [1.807, 2.05) is 0 Å². The normalized spacial score (nSPS) is 15.1. The molecule has 0 aromatic carbocycles. The van der Waals surface area contributed by atoms with Gasteiger partial charge < -0.3 is 33.8 Å². The molecule has 17 nitrogen and oxygen atoms in total. The van der Waals surface area contributed by atoms with Crippen molar-refractivity contribution in [2.24, 2.45) is 17.8 Å². The molecule has 0 aliphatic heterocycles. The van der Waals surface area contributed by atoms with Crippen LogP contribution >= 0.6 is 15.6 Å². The lowest BCUT2D eigenvalue weighted by atomic mass is 9.99. The number of hydrogen-bond acceptors (Lipinski definition) is 15. The number of esters is 4. The van der Waals surface area contributed by atoms with E-state index >= 15 is 0 Å². The molecule has 0 aromatic rings. The van der Waals surface area contributed by atoms with E-state index in [-0.39, 0.29) is 25.7 Å². The average Bonchev–Trinajstić information content (AvgIpc) is 3.32. The fraction of sp³-hybridized carbons (Fsp3) is 0.944. The number of ether oxygens (including phenoxy) is 4. The summed E-state index contributed by atoms with van der Waals surface area (Å²) in [6, 6.07) is 0. The number of unbranched alkanes of at least 4 members (excludes halogenated alkanes) is 35. The van der Waals surface area contributed by atoms with Gasteiger partial charge in [-0.2, -0.15) is 0 Å². The lowest BCUT2D eigenvalue weighted by Gasteiger charge is -2.21. The van der Waals surface area contributed by atoms with Gasteiger partial charge in [0.25, 0.3) is 0 Å². The van der Waals surface area contributed by atoms with E-state index in [4.69, 9.17) is 37.0 Å². The van der Waals surface area contributed by atoms with Gasteiger partial charge in [0.05, 0.1) is 26.4 Å². The van der Waals surface area contributed by atoms with E-state index in [0.717, 1.165) is 108 Å². The van der Waals surface area contributed by atoms with Gasteiger partial charge in [0.1, 0.15) is 19.3 Å². The second-order valence-electron chi connectivity index (χ2n) is 26.7. The fourth-order valence-electron chi connectivity index (χ4n) is 10.8. The van der Waals surface area contributed by atoms with Crippen molar-refractivity contribution >= 4 is 39.5 Å². The molecule has 0 aromatic heterocycles. The lowest BCUT2D eigenvalue weighted by Crippen LogP contribution is -2.30. The van der Waals surface area contributed by atoms with Crippen molar-refractivity contribution in [2.45, 2.75) is 381 Å². The Morgan fingerprint density at radius 3 is 0.780 bits per heavy atom. The minimum atomic E-state index is -4.95. The van der Waals surface area contributed by atoms with Gasteiger partial charge in [-0.15, -0.1) is 0 Å². The van der Waals surface area contributed by atoms with Gasteiger partial charge in [-0.1, -0.05) is 312 Å². The molecule has 540 valence electrons. The summed E-state index contributed by atoms with van der Waals surface area (Å²) in [4.78, 5) is 72.6. The van der Waals surface area contributed by atoms with Crippen LogP contribution in [-0.2, 0) is 65.4 Å². The zero-order valence-electron chi connectivity index (χ0n) is 59.3. The maximum Gasteiger partial charge on any atom is 0.472 e. The summed E-state index contributed by atoms with van der Waals surface area (Å²) in [6.07, 6.45) is 47.0. The van der Waals surface area contributed by atoms with Crippen LogP contribution in [0.1, 0.15) is 363 Å². The van der Waals surface area contributed by atoms with Crippen LogP contribution in [0.2, 0.25) is 0 Å². The summed E-state index contributed by atoms with van der Waals surface area (Å²) in [5, 5.41) is 10.6. The number of phosphoric ester groups is 2. The molecule has 0 saturated carbocycles. The summed E-state index contributed by atoms with van der Waals surface area (Å²) in [7, 11) is -9.90. The fourth-order valence-corrected chi connectivity index (χ4v) is 12.4. The second-order valence-corrected chi connectivity index (χ2v) is 29.6. The Morgan fingerprint density at radius 2 is 0.527 bits per heavy atom. The second kappa shape index (κ2) is 62.8. The van der Waals surface area contributed by atoms with Gasteiger partial charge in [0.15, 0.2) is 12.2 Å². The molecule has 0 heterocycles. The van der Waals surface area contributed by atoms with Crippen molar-refractivity contribution in [1.29, 1.82) is 0 Å². The number of carbonyl (C=O) groups excluding carboxylic acids is 4. The molecule has 5 unspecified atom stereocenters. The molecule has 3 N–H and O–H groups in total. The zero-order chi connectivity index (χ0) is 67.3. The smallest absolute Gasteiger partial charge is 0.462 e. The van der Waals surface area contributed by atoms with Crippen molar-refractivity contribution in [3.05, 3.63) is 0 Å². The van der Waals surface area contributed by atoms with Gasteiger partial charge in [-0.25, -0.2) is 9.13 Å². The first-order valence-electron chi connectivity index (χ1n) is 37.5. The Morgan fingerprint density at radius 1 is 0.308 bits per heavy atom. The standard InChI is InChI=1S/C72H140O17P2/c1-8-12-13-14-15-22-32-39-46-53-69(74)82-59-68(89-72(77)56-49-42-35-28-26-31-38-45-52-65(7)11-4)62-87-91(80,81)85-58-66(73)57-84-90(78,79)86-61-67(60-83-70(75)54-47-40-33-27-25-30-37-44-51-64(6)10-3)88-71(76)55-48-41-34-24-21-19-17-16-18-20-23-29-36-43-50-63(5)9-2/h63-68,73H,8-62H2,1-7H3,(H,78,79)(H,80,81)/t63?,64?,65?,66-,67-,68-/m1/s1. The largest absolute Gasteiger partial charge is 0.472 e.